The van der Waals surface area contributed by atoms with Crippen molar-refractivity contribution >= 4 is 6.29 Å². The van der Waals surface area contributed by atoms with Crippen LogP contribution in [0.15, 0.2) is 18.2 Å². The predicted molar refractivity (Wildman–Crippen MR) is 65.7 cm³/mol. The lowest BCUT2D eigenvalue weighted by Crippen LogP contribution is -2.00. The van der Waals surface area contributed by atoms with E-state index in [1.807, 2.05) is 25.1 Å². The van der Waals surface area contributed by atoms with Gasteiger partial charge in [0.2, 0.25) is 0 Å². The zero-order valence-electron chi connectivity index (χ0n) is 10.3. The third-order valence-electron chi connectivity index (χ3n) is 3.02. The summed E-state index contributed by atoms with van der Waals surface area (Å²) in [5.74, 6) is 1.78. The maximum absolute atomic E-state index is 10.5. The van der Waals surface area contributed by atoms with Crippen molar-refractivity contribution in [1.82, 2.24) is 0 Å². The fourth-order valence-corrected chi connectivity index (χ4v) is 1.73. The second-order valence-electron chi connectivity index (χ2n) is 4.53. The molecule has 92 valence electrons. The van der Waals surface area contributed by atoms with Crippen molar-refractivity contribution in [2.45, 2.75) is 38.2 Å². The van der Waals surface area contributed by atoms with Gasteiger partial charge in [0.1, 0.15) is 6.29 Å². The molecule has 0 spiro atoms. The fourth-order valence-electron chi connectivity index (χ4n) is 1.73. The van der Waals surface area contributed by atoms with Crippen LogP contribution < -0.4 is 9.47 Å². The molecule has 1 saturated carbocycles. The molecule has 1 aliphatic rings. The fraction of sp³-hybridized carbons (Fsp3) is 0.500. The van der Waals surface area contributed by atoms with Crippen LogP contribution in [0.2, 0.25) is 0 Å². The average Bonchev–Trinajstić information content (AvgIpc) is 3.14. The molecule has 3 heteroatoms. The van der Waals surface area contributed by atoms with Gasteiger partial charge < -0.3 is 14.3 Å². The molecule has 1 unspecified atom stereocenters. The van der Waals surface area contributed by atoms with E-state index in [1.165, 1.54) is 0 Å². The summed E-state index contributed by atoms with van der Waals surface area (Å²) in [6, 6.07) is 5.91. The smallest absolute Gasteiger partial charge is 0.161 e. The lowest BCUT2D eigenvalue weighted by molar-refractivity contribution is -0.108. The number of aldehydes is 1. The van der Waals surface area contributed by atoms with Gasteiger partial charge in [-0.05, 0) is 36.5 Å². The highest BCUT2D eigenvalue weighted by Crippen LogP contribution is 2.35. The minimum Gasteiger partial charge on any atom is -0.493 e. The minimum absolute atomic E-state index is 0.219. The van der Waals surface area contributed by atoms with Crippen LogP contribution in [0.3, 0.4) is 0 Å². The summed E-state index contributed by atoms with van der Waals surface area (Å²) < 4.78 is 11.1. The molecular weight excluding hydrogens is 216 g/mol. The Hall–Kier alpha value is -1.51. The van der Waals surface area contributed by atoms with E-state index in [0.29, 0.717) is 12.5 Å². The van der Waals surface area contributed by atoms with Crippen molar-refractivity contribution in [2.24, 2.45) is 0 Å². The summed E-state index contributed by atoms with van der Waals surface area (Å²) in [5.41, 5.74) is 1.11. The van der Waals surface area contributed by atoms with E-state index in [-0.39, 0.29) is 5.92 Å². The quantitative estimate of drug-likeness (QED) is 0.710. The van der Waals surface area contributed by atoms with Crippen LogP contribution in [0.1, 0.15) is 37.7 Å². The molecule has 1 atom stereocenters. The molecule has 1 aromatic carbocycles. The van der Waals surface area contributed by atoms with Gasteiger partial charge in [0.15, 0.2) is 11.5 Å². The van der Waals surface area contributed by atoms with Gasteiger partial charge in [-0.3, -0.25) is 0 Å². The largest absolute Gasteiger partial charge is 0.493 e. The Morgan fingerprint density at radius 1 is 1.41 bits per heavy atom. The molecule has 2 rings (SSSR count). The number of carbonyl (C=O) groups is 1. The van der Waals surface area contributed by atoms with Gasteiger partial charge in [0.25, 0.3) is 0 Å². The van der Waals surface area contributed by atoms with Gasteiger partial charge in [-0.25, -0.2) is 0 Å². The van der Waals surface area contributed by atoms with Gasteiger partial charge in [0, 0.05) is 6.42 Å². The Labute approximate surface area is 102 Å². The van der Waals surface area contributed by atoms with Crippen molar-refractivity contribution in [2.75, 3.05) is 7.11 Å². The zero-order chi connectivity index (χ0) is 12.3. The first-order valence-electron chi connectivity index (χ1n) is 6.02. The lowest BCUT2D eigenvalue weighted by Gasteiger charge is -2.14. The molecule has 1 aliphatic carbocycles. The average molecular weight is 234 g/mol. The molecule has 0 saturated heterocycles. The third-order valence-corrected chi connectivity index (χ3v) is 3.02. The molecule has 0 heterocycles. The summed E-state index contributed by atoms with van der Waals surface area (Å²) in [7, 11) is 1.64. The second kappa shape index (κ2) is 5.21. The topological polar surface area (TPSA) is 35.5 Å². The van der Waals surface area contributed by atoms with Gasteiger partial charge >= 0.3 is 0 Å². The van der Waals surface area contributed by atoms with Crippen molar-refractivity contribution < 1.29 is 14.3 Å². The maximum Gasteiger partial charge on any atom is 0.161 e. The van der Waals surface area contributed by atoms with E-state index in [4.69, 9.17) is 9.47 Å². The number of methoxy groups -OCH3 is 1. The van der Waals surface area contributed by atoms with Crippen LogP contribution in [0.25, 0.3) is 0 Å². The molecule has 0 amide bonds. The molecule has 1 aromatic rings. The highest BCUT2D eigenvalue weighted by atomic mass is 16.5. The first-order chi connectivity index (χ1) is 8.24. The molecule has 0 radical (unpaired) electrons. The highest BCUT2D eigenvalue weighted by Gasteiger charge is 2.25. The molecule has 0 N–H and O–H groups in total. The number of carbonyl (C=O) groups excluding carboxylic acids is 1. The molecule has 1 fully saturated rings. The highest BCUT2D eigenvalue weighted by molar-refractivity contribution is 5.52. The Balaban J connectivity index is 2.16. The summed E-state index contributed by atoms with van der Waals surface area (Å²) in [6.45, 7) is 2.03. The first-order valence-corrected chi connectivity index (χ1v) is 6.02. The van der Waals surface area contributed by atoms with Gasteiger partial charge in [-0.1, -0.05) is 13.0 Å². The normalized spacial score (nSPS) is 16.4. The Morgan fingerprint density at radius 3 is 2.76 bits per heavy atom. The van der Waals surface area contributed by atoms with Crippen LogP contribution in [-0.2, 0) is 4.79 Å². The van der Waals surface area contributed by atoms with Crippen LogP contribution in [0, 0.1) is 0 Å². The first kappa shape index (κ1) is 12.0. The molecule has 0 bridgehead atoms. The van der Waals surface area contributed by atoms with Crippen LogP contribution in [0.5, 0.6) is 11.5 Å². The van der Waals surface area contributed by atoms with E-state index in [2.05, 4.69) is 0 Å². The van der Waals surface area contributed by atoms with Crippen molar-refractivity contribution in [3.05, 3.63) is 23.8 Å². The van der Waals surface area contributed by atoms with Gasteiger partial charge in [-0.15, -0.1) is 0 Å². The van der Waals surface area contributed by atoms with E-state index < -0.39 is 0 Å². The monoisotopic (exact) mass is 234 g/mol. The van der Waals surface area contributed by atoms with Gasteiger partial charge in [0.05, 0.1) is 13.2 Å². The van der Waals surface area contributed by atoms with E-state index >= 15 is 0 Å². The van der Waals surface area contributed by atoms with Crippen LogP contribution >= 0.6 is 0 Å². The zero-order valence-corrected chi connectivity index (χ0v) is 10.3. The number of hydrogen-bond donors (Lipinski definition) is 0. The SMILES string of the molecule is COc1cc(C(C)CC=O)ccc1OC1CC1. The Morgan fingerprint density at radius 2 is 2.18 bits per heavy atom. The van der Waals surface area contributed by atoms with E-state index in [1.54, 1.807) is 7.11 Å². The molecule has 0 aromatic heterocycles. The standard InChI is InChI=1S/C14H18O3/c1-10(7-8-15)11-3-6-13(14(9-11)16-2)17-12-4-5-12/h3,6,8-10,12H,4-5,7H2,1-2H3. The number of hydrogen-bond acceptors (Lipinski definition) is 3. The van der Waals surface area contributed by atoms with E-state index in [0.717, 1.165) is 36.2 Å². The number of rotatable bonds is 6. The number of ether oxygens (including phenoxy) is 2. The van der Waals surface area contributed by atoms with Crippen LogP contribution in [0.4, 0.5) is 0 Å². The summed E-state index contributed by atoms with van der Waals surface area (Å²) in [4.78, 5) is 10.5. The molecule has 3 nitrogen and oxygen atoms in total. The van der Waals surface area contributed by atoms with Crippen molar-refractivity contribution in [3.8, 4) is 11.5 Å². The predicted octanol–water partition coefficient (Wildman–Crippen LogP) is 2.93. The molecule has 17 heavy (non-hydrogen) atoms. The Bertz CT molecular complexity index is 396. The molecular formula is C14H18O3. The lowest BCUT2D eigenvalue weighted by atomic mass is 9.98. The third kappa shape index (κ3) is 2.99. The summed E-state index contributed by atoms with van der Waals surface area (Å²) in [6.07, 6.45) is 4.11. The Kier molecular flexibility index (Phi) is 3.67. The summed E-state index contributed by atoms with van der Waals surface area (Å²) >= 11 is 0. The van der Waals surface area contributed by atoms with E-state index in [9.17, 15) is 4.79 Å². The number of benzene rings is 1. The van der Waals surface area contributed by atoms with Crippen molar-refractivity contribution in [1.29, 1.82) is 0 Å². The molecule has 0 aliphatic heterocycles. The summed E-state index contributed by atoms with van der Waals surface area (Å²) in [5, 5.41) is 0. The van der Waals surface area contributed by atoms with Crippen molar-refractivity contribution in [3.63, 3.8) is 0 Å². The van der Waals surface area contributed by atoms with Gasteiger partial charge in [-0.2, -0.15) is 0 Å². The minimum atomic E-state index is 0.219. The second-order valence-corrected chi connectivity index (χ2v) is 4.53. The maximum atomic E-state index is 10.5. The van der Waals surface area contributed by atoms with Crippen LogP contribution in [-0.4, -0.2) is 19.5 Å².